The Bertz CT molecular complexity index is 454. The topological polar surface area (TPSA) is 52.6 Å². The molecule has 98 valence electrons. The van der Waals surface area contributed by atoms with Crippen molar-refractivity contribution in [2.75, 3.05) is 13.1 Å². The largest absolute Gasteiger partial charge is 0.507 e. The molecule has 1 amide bonds. The number of nitrogens with one attached hydrogen (secondary N) is 1. The minimum atomic E-state index is -0.170. The second-order valence-electron chi connectivity index (χ2n) is 4.73. The van der Waals surface area contributed by atoms with Crippen molar-refractivity contribution in [1.29, 1.82) is 0 Å². The van der Waals surface area contributed by atoms with Crippen LogP contribution in [0.15, 0.2) is 18.2 Å². The summed E-state index contributed by atoms with van der Waals surface area (Å²) in [5.41, 5.74) is 0.267. The molecular weight excluding hydrogens is 252 g/mol. The lowest BCUT2D eigenvalue weighted by Crippen LogP contribution is -2.57. The van der Waals surface area contributed by atoms with Crippen molar-refractivity contribution in [2.45, 2.75) is 25.9 Å². The molecule has 2 rings (SSSR count). The summed E-state index contributed by atoms with van der Waals surface area (Å²) in [7, 11) is 0. The Kier molecular flexibility index (Phi) is 3.78. The molecule has 0 aliphatic carbocycles. The van der Waals surface area contributed by atoms with E-state index in [0.29, 0.717) is 5.02 Å². The molecule has 1 heterocycles. The third kappa shape index (κ3) is 2.44. The van der Waals surface area contributed by atoms with Gasteiger partial charge >= 0.3 is 0 Å². The number of nitrogens with zero attached hydrogens (tertiary/aromatic N) is 1. The van der Waals surface area contributed by atoms with Crippen molar-refractivity contribution in [3.05, 3.63) is 28.8 Å². The van der Waals surface area contributed by atoms with Gasteiger partial charge in [0.1, 0.15) is 5.75 Å². The Hall–Kier alpha value is -1.26. The summed E-state index contributed by atoms with van der Waals surface area (Å²) < 4.78 is 0. The Morgan fingerprint density at radius 3 is 2.61 bits per heavy atom. The standard InChI is InChI=1S/C13H17ClN2O2/c1-8-6-15-7-9(2)16(8)13(18)11-5-10(14)3-4-12(11)17/h3-5,8-9,15,17H,6-7H2,1-2H3. The minimum absolute atomic E-state index is 0.0256. The Morgan fingerprint density at radius 2 is 2.00 bits per heavy atom. The van der Waals surface area contributed by atoms with Gasteiger partial charge in [0.15, 0.2) is 0 Å². The van der Waals surface area contributed by atoms with Crippen LogP contribution in [0.2, 0.25) is 5.02 Å². The number of carbonyl (C=O) groups is 1. The second-order valence-corrected chi connectivity index (χ2v) is 5.17. The van der Waals surface area contributed by atoms with E-state index in [1.807, 2.05) is 13.8 Å². The van der Waals surface area contributed by atoms with Gasteiger partial charge in [-0.25, -0.2) is 0 Å². The van der Waals surface area contributed by atoms with Crippen molar-refractivity contribution in [3.63, 3.8) is 0 Å². The van der Waals surface area contributed by atoms with Crippen LogP contribution < -0.4 is 5.32 Å². The monoisotopic (exact) mass is 268 g/mol. The highest BCUT2D eigenvalue weighted by atomic mass is 35.5. The van der Waals surface area contributed by atoms with Crippen molar-refractivity contribution < 1.29 is 9.90 Å². The lowest BCUT2D eigenvalue weighted by atomic mass is 10.1. The quantitative estimate of drug-likeness (QED) is 0.818. The number of phenolic OH excluding ortho intramolecular Hbond substituents is 1. The minimum Gasteiger partial charge on any atom is -0.507 e. The molecule has 2 N–H and O–H groups in total. The summed E-state index contributed by atoms with van der Waals surface area (Å²) in [6.45, 7) is 5.50. The van der Waals surface area contributed by atoms with Crippen LogP contribution >= 0.6 is 11.6 Å². The average molecular weight is 269 g/mol. The van der Waals surface area contributed by atoms with Gasteiger partial charge in [-0.2, -0.15) is 0 Å². The number of phenols is 1. The van der Waals surface area contributed by atoms with Crippen LogP contribution in [-0.2, 0) is 0 Å². The number of piperazine rings is 1. The summed E-state index contributed by atoms with van der Waals surface area (Å²) >= 11 is 5.88. The normalized spacial score (nSPS) is 24.1. The number of aromatic hydroxyl groups is 1. The van der Waals surface area contributed by atoms with Crippen molar-refractivity contribution in [1.82, 2.24) is 10.2 Å². The molecule has 18 heavy (non-hydrogen) atoms. The molecule has 1 aromatic carbocycles. The lowest BCUT2D eigenvalue weighted by molar-refractivity contribution is 0.0541. The van der Waals surface area contributed by atoms with E-state index in [0.717, 1.165) is 13.1 Å². The van der Waals surface area contributed by atoms with Crippen LogP contribution in [0.1, 0.15) is 24.2 Å². The molecule has 0 spiro atoms. The fourth-order valence-electron chi connectivity index (χ4n) is 2.35. The highest BCUT2D eigenvalue weighted by Crippen LogP contribution is 2.25. The summed E-state index contributed by atoms with van der Waals surface area (Å²) in [5, 5.41) is 13.5. The molecule has 2 atom stereocenters. The van der Waals surface area contributed by atoms with Crippen LogP contribution in [0.3, 0.4) is 0 Å². The number of hydrogen-bond donors (Lipinski definition) is 2. The van der Waals surface area contributed by atoms with Gasteiger partial charge in [0.25, 0.3) is 5.91 Å². The molecule has 1 saturated heterocycles. The summed E-state index contributed by atoms with van der Waals surface area (Å²) in [5.74, 6) is -0.196. The Balaban J connectivity index is 2.32. The van der Waals surface area contributed by atoms with Crippen LogP contribution in [-0.4, -0.2) is 41.1 Å². The van der Waals surface area contributed by atoms with E-state index in [1.165, 1.54) is 12.1 Å². The van der Waals surface area contributed by atoms with E-state index in [9.17, 15) is 9.90 Å². The Labute approximate surface area is 112 Å². The average Bonchev–Trinajstić information content (AvgIpc) is 2.32. The SMILES string of the molecule is CC1CNCC(C)N1C(=O)c1cc(Cl)ccc1O. The van der Waals surface area contributed by atoms with Gasteiger partial charge in [0.2, 0.25) is 0 Å². The van der Waals surface area contributed by atoms with E-state index >= 15 is 0 Å². The fourth-order valence-corrected chi connectivity index (χ4v) is 2.52. The molecule has 2 unspecified atom stereocenters. The van der Waals surface area contributed by atoms with Crippen LogP contribution in [0, 0.1) is 0 Å². The van der Waals surface area contributed by atoms with Gasteiger partial charge in [-0.1, -0.05) is 11.6 Å². The smallest absolute Gasteiger partial charge is 0.258 e. The summed E-state index contributed by atoms with van der Waals surface area (Å²) in [4.78, 5) is 14.3. The summed E-state index contributed by atoms with van der Waals surface area (Å²) in [6.07, 6.45) is 0. The van der Waals surface area contributed by atoms with E-state index in [1.54, 1.807) is 11.0 Å². The van der Waals surface area contributed by atoms with Gasteiger partial charge in [-0.3, -0.25) is 4.79 Å². The zero-order valence-corrected chi connectivity index (χ0v) is 11.2. The van der Waals surface area contributed by atoms with Gasteiger partial charge in [0, 0.05) is 30.2 Å². The maximum absolute atomic E-state index is 12.5. The second kappa shape index (κ2) is 5.16. The zero-order chi connectivity index (χ0) is 13.3. The zero-order valence-electron chi connectivity index (χ0n) is 10.5. The molecule has 5 heteroatoms. The molecule has 0 aromatic heterocycles. The number of hydrogen-bond acceptors (Lipinski definition) is 3. The van der Waals surface area contributed by atoms with Crippen molar-refractivity contribution in [3.8, 4) is 5.75 Å². The Morgan fingerprint density at radius 1 is 1.39 bits per heavy atom. The lowest BCUT2D eigenvalue weighted by Gasteiger charge is -2.39. The number of amides is 1. The van der Waals surface area contributed by atoms with Crippen molar-refractivity contribution >= 4 is 17.5 Å². The molecule has 4 nitrogen and oxygen atoms in total. The van der Waals surface area contributed by atoms with Gasteiger partial charge < -0.3 is 15.3 Å². The number of rotatable bonds is 1. The first kappa shape index (κ1) is 13.2. The molecule has 1 aromatic rings. The van der Waals surface area contributed by atoms with Crippen LogP contribution in [0.4, 0.5) is 0 Å². The van der Waals surface area contributed by atoms with Crippen LogP contribution in [0.5, 0.6) is 5.75 Å². The van der Waals surface area contributed by atoms with E-state index in [-0.39, 0.29) is 29.3 Å². The van der Waals surface area contributed by atoms with E-state index in [4.69, 9.17) is 11.6 Å². The molecule has 0 bridgehead atoms. The van der Waals surface area contributed by atoms with Gasteiger partial charge in [0.05, 0.1) is 5.56 Å². The molecule has 1 fully saturated rings. The molecule has 1 aliphatic heterocycles. The first-order chi connectivity index (χ1) is 8.50. The maximum Gasteiger partial charge on any atom is 0.258 e. The van der Waals surface area contributed by atoms with Crippen LogP contribution in [0.25, 0.3) is 0 Å². The first-order valence-corrected chi connectivity index (χ1v) is 6.40. The molecule has 0 saturated carbocycles. The molecular formula is C13H17ClN2O2. The molecule has 0 radical (unpaired) electrons. The van der Waals surface area contributed by atoms with Gasteiger partial charge in [-0.05, 0) is 32.0 Å². The first-order valence-electron chi connectivity index (χ1n) is 6.02. The number of halogens is 1. The predicted molar refractivity (Wildman–Crippen MR) is 71.1 cm³/mol. The third-order valence-electron chi connectivity index (χ3n) is 3.25. The number of benzene rings is 1. The number of carbonyl (C=O) groups excluding carboxylic acids is 1. The maximum atomic E-state index is 12.5. The van der Waals surface area contributed by atoms with E-state index < -0.39 is 0 Å². The third-order valence-corrected chi connectivity index (χ3v) is 3.49. The van der Waals surface area contributed by atoms with Crippen molar-refractivity contribution in [2.24, 2.45) is 0 Å². The highest BCUT2D eigenvalue weighted by Gasteiger charge is 2.30. The predicted octanol–water partition coefficient (Wildman–Crippen LogP) is 1.87. The van der Waals surface area contributed by atoms with Gasteiger partial charge in [-0.15, -0.1) is 0 Å². The molecule has 1 aliphatic rings. The highest BCUT2D eigenvalue weighted by molar-refractivity contribution is 6.31. The summed E-state index contributed by atoms with van der Waals surface area (Å²) in [6, 6.07) is 4.73. The van der Waals surface area contributed by atoms with E-state index in [2.05, 4.69) is 5.32 Å². The fraction of sp³-hybridized carbons (Fsp3) is 0.462.